The second-order valence-corrected chi connectivity index (χ2v) is 12.0. The van der Waals surface area contributed by atoms with Gasteiger partial charge in [0.1, 0.15) is 0 Å². The van der Waals surface area contributed by atoms with Crippen molar-refractivity contribution in [1.82, 2.24) is 0 Å². The molecule has 1 aliphatic heterocycles. The number of anilines is 3. The number of Topliss-reactive ketones (excluding diaryl/α,β-unsaturated/α-hetero) is 2. The second kappa shape index (κ2) is 7.92. The molecule has 0 spiro atoms. The fourth-order valence-electron chi connectivity index (χ4n) is 5.15. The summed E-state index contributed by atoms with van der Waals surface area (Å²) in [4.78, 5) is 28.8. The number of fused-ring (bicyclic) bond motifs is 4. The Hall–Kier alpha value is -3.71. The minimum atomic E-state index is -0.788. The molecule has 35 heavy (non-hydrogen) atoms. The number of para-hydroxylation sites is 2. The first-order chi connectivity index (χ1) is 17.2. The Balaban J connectivity index is 1.30. The van der Waals surface area contributed by atoms with Crippen LogP contribution in [-0.2, 0) is 6.42 Å². The number of allylic oxidation sites excluding steroid dienone is 1. The van der Waals surface area contributed by atoms with Crippen LogP contribution in [0.15, 0.2) is 103 Å². The van der Waals surface area contributed by atoms with Crippen LogP contribution in [0.4, 0.5) is 15.1 Å². The van der Waals surface area contributed by atoms with Crippen LogP contribution in [0.1, 0.15) is 35.4 Å². The molecule has 0 unspecified atom stereocenters. The molecule has 3 nitrogen and oxygen atoms in total. The van der Waals surface area contributed by atoms with Gasteiger partial charge in [0.2, 0.25) is 0 Å². The summed E-state index contributed by atoms with van der Waals surface area (Å²) in [5.41, 5.74) is 6.40. The zero-order chi connectivity index (χ0) is 23.5. The second-order valence-electron chi connectivity index (χ2n) is 8.91. The number of carbonyl (C=O) groups is 2. The van der Waals surface area contributed by atoms with Crippen molar-refractivity contribution in [2.75, 3.05) is 4.90 Å². The maximum atomic E-state index is 13.2. The van der Waals surface area contributed by atoms with Crippen molar-refractivity contribution >= 4 is 63.9 Å². The number of benzene rings is 4. The van der Waals surface area contributed by atoms with Gasteiger partial charge in [-0.2, -0.15) is 0 Å². The molecule has 0 amide bonds. The van der Waals surface area contributed by atoms with Crippen molar-refractivity contribution in [3.05, 3.63) is 128 Å². The first-order valence-electron chi connectivity index (χ1n) is 11.6. The average molecular weight is 565 g/mol. The molecule has 4 aromatic carbocycles. The Kier molecular flexibility index (Phi) is 4.67. The molecule has 7 rings (SSSR count). The normalized spacial score (nSPS) is 14.2. The summed E-state index contributed by atoms with van der Waals surface area (Å²) in [5, 5.41) is 1.96. The number of carbonyl (C=O) groups excluding carboxylic acids is 2. The fraction of sp³-hybridized carbons (Fsp3) is 0.0323. The summed E-state index contributed by atoms with van der Waals surface area (Å²) in [5.74, 6) is -0.322. The zero-order valence-electron chi connectivity index (χ0n) is 18.7. The third-order valence-electron chi connectivity index (χ3n) is 6.83. The molecule has 1 aliphatic carbocycles. The summed E-state index contributed by atoms with van der Waals surface area (Å²) >= 11 is -0.788. The van der Waals surface area contributed by atoms with Gasteiger partial charge in [0.05, 0.1) is 0 Å². The predicted octanol–water partition coefficient (Wildman–Crippen LogP) is 6.73. The van der Waals surface area contributed by atoms with Gasteiger partial charge in [-0.3, -0.25) is 0 Å². The molecule has 0 atom stereocenters. The van der Waals surface area contributed by atoms with E-state index < -0.39 is 20.4 Å². The van der Waals surface area contributed by atoms with Gasteiger partial charge in [-0.15, -0.1) is 0 Å². The van der Waals surface area contributed by atoms with Crippen molar-refractivity contribution in [3.63, 3.8) is 0 Å². The van der Waals surface area contributed by atoms with Gasteiger partial charge in [0, 0.05) is 0 Å². The molecule has 2 aliphatic rings. The van der Waals surface area contributed by atoms with Crippen LogP contribution in [0.25, 0.3) is 16.8 Å². The van der Waals surface area contributed by atoms with Crippen molar-refractivity contribution in [1.29, 1.82) is 0 Å². The van der Waals surface area contributed by atoms with Crippen LogP contribution in [0, 0.1) is 0 Å². The first kappa shape index (κ1) is 20.6. The number of hydrogen-bond donors (Lipinski definition) is 0. The third kappa shape index (κ3) is 3.26. The van der Waals surface area contributed by atoms with Crippen molar-refractivity contribution in [2.24, 2.45) is 0 Å². The molecule has 0 fully saturated rings. The molecule has 2 heterocycles. The Labute approximate surface area is 212 Å². The van der Waals surface area contributed by atoms with Crippen LogP contribution in [0.3, 0.4) is 0 Å². The topological polar surface area (TPSA) is 37.4 Å². The molecule has 1 aromatic heterocycles. The summed E-state index contributed by atoms with van der Waals surface area (Å²) in [6.45, 7) is 0. The van der Waals surface area contributed by atoms with Gasteiger partial charge in [0.25, 0.3) is 0 Å². The number of nitrogens with zero attached hydrogens (tertiary/aromatic N) is 1. The third-order valence-corrected chi connectivity index (χ3v) is 9.73. The molecule has 0 N–H and O–H groups in total. The quantitative estimate of drug-likeness (QED) is 0.133. The van der Waals surface area contributed by atoms with E-state index in [1.54, 1.807) is 0 Å². The van der Waals surface area contributed by atoms with Gasteiger partial charge < -0.3 is 0 Å². The monoisotopic (exact) mass is 567 g/mol. The van der Waals surface area contributed by atoms with E-state index in [4.69, 9.17) is 0 Å². The average Bonchev–Trinajstić information content (AvgIpc) is 3.44. The molecule has 166 valence electrons. The van der Waals surface area contributed by atoms with Gasteiger partial charge in [-0.25, -0.2) is 0 Å². The van der Waals surface area contributed by atoms with Crippen LogP contribution in [0.5, 0.6) is 0 Å². The Bertz CT molecular complexity index is 1620. The van der Waals surface area contributed by atoms with E-state index in [-0.39, 0.29) is 11.6 Å². The number of ketones is 2. The van der Waals surface area contributed by atoms with Gasteiger partial charge in [0.15, 0.2) is 0 Å². The molecule has 0 saturated heterocycles. The van der Waals surface area contributed by atoms with E-state index in [0.29, 0.717) is 16.7 Å². The standard InChI is InChI=1S/C31H19NO2Te/c33-30-24-16-19-7-1-2-8-20(19)17-25(24)31(34)26(30)18-23-13-14-29(35-23)32-27-11-5-3-9-21(27)15-22-10-4-6-12-28(22)32/h1-14,16-18H,15H2. The minimum absolute atomic E-state index is 0.161. The molecule has 0 bridgehead atoms. The summed E-state index contributed by atoms with van der Waals surface area (Å²) in [7, 11) is 0. The predicted molar refractivity (Wildman–Crippen MR) is 141 cm³/mol. The summed E-state index contributed by atoms with van der Waals surface area (Å²) in [6, 6.07) is 32.9. The van der Waals surface area contributed by atoms with Crippen LogP contribution < -0.4 is 4.90 Å². The van der Waals surface area contributed by atoms with Gasteiger partial charge in [-0.05, 0) is 0 Å². The Morgan fingerprint density at radius 3 is 1.80 bits per heavy atom. The first-order valence-corrected chi connectivity index (χ1v) is 13.9. The molecule has 5 aromatic rings. The molecule has 0 saturated carbocycles. The maximum absolute atomic E-state index is 13.2. The number of hydrogen-bond acceptors (Lipinski definition) is 3. The summed E-state index contributed by atoms with van der Waals surface area (Å²) < 4.78 is 2.36. The van der Waals surface area contributed by atoms with Crippen molar-refractivity contribution in [3.8, 4) is 0 Å². The molecule has 0 radical (unpaired) electrons. The SMILES string of the molecule is O=C1C(=Cc2ccc(N3c4ccccc4Cc4ccccc43)[te]2)C(=O)c2cc3ccccc3cc21. The fourth-order valence-corrected chi connectivity index (χ4v) is 7.94. The van der Waals surface area contributed by atoms with E-state index in [2.05, 4.69) is 65.6 Å². The van der Waals surface area contributed by atoms with Crippen molar-refractivity contribution in [2.45, 2.75) is 6.42 Å². The van der Waals surface area contributed by atoms with Crippen LogP contribution in [-0.4, -0.2) is 32.0 Å². The van der Waals surface area contributed by atoms with Crippen LogP contribution >= 0.6 is 0 Å². The Morgan fingerprint density at radius 1 is 0.657 bits per heavy atom. The molecule has 4 heteroatoms. The molecular weight excluding hydrogens is 546 g/mol. The van der Waals surface area contributed by atoms with Crippen LogP contribution in [0.2, 0.25) is 0 Å². The van der Waals surface area contributed by atoms with E-state index in [0.717, 1.165) is 20.8 Å². The van der Waals surface area contributed by atoms with E-state index in [1.165, 1.54) is 26.2 Å². The number of rotatable bonds is 2. The van der Waals surface area contributed by atoms with Crippen molar-refractivity contribution < 1.29 is 9.59 Å². The van der Waals surface area contributed by atoms with E-state index in [9.17, 15) is 9.59 Å². The van der Waals surface area contributed by atoms with E-state index in [1.807, 2.05) is 42.5 Å². The van der Waals surface area contributed by atoms with Gasteiger partial charge in [-0.1, -0.05) is 0 Å². The van der Waals surface area contributed by atoms with Gasteiger partial charge >= 0.3 is 213 Å². The Morgan fingerprint density at radius 2 is 1.20 bits per heavy atom. The summed E-state index contributed by atoms with van der Waals surface area (Å²) in [6.07, 6.45) is 2.78. The molecular formula is C31H19NO2Te. The van der Waals surface area contributed by atoms with E-state index >= 15 is 0 Å². The zero-order valence-corrected chi connectivity index (χ0v) is 21.0.